The number of alkyl halides is 4. The molecule has 0 aromatic heterocycles. The lowest BCUT2D eigenvalue weighted by Gasteiger charge is -2.17. The zero-order chi connectivity index (χ0) is 16.0. The number of hydrogen-bond acceptors (Lipinski definition) is 3. The van der Waals surface area contributed by atoms with Crippen LogP contribution in [0.5, 0.6) is 0 Å². The van der Waals surface area contributed by atoms with Gasteiger partial charge in [-0.15, -0.1) is 0 Å². The summed E-state index contributed by atoms with van der Waals surface area (Å²) in [6, 6.07) is 2.53. The van der Waals surface area contributed by atoms with Crippen LogP contribution >= 0.6 is 0 Å². The molecule has 3 nitrogen and oxygen atoms in total. The van der Waals surface area contributed by atoms with Gasteiger partial charge in [-0.1, -0.05) is 0 Å². The molecule has 1 fully saturated rings. The molecular weight excluding hydrogens is 297 g/mol. The molecule has 1 aliphatic carbocycles. The van der Waals surface area contributed by atoms with Crippen molar-refractivity contribution >= 4 is 5.97 Å². The summed E-state index contributed by atoms with van der Waals surface area (Å²) in [5, 5.41) is 8.99. The van der Waals surface area contributed by atoms with Crippen molar-refractivity contribution in [2.45, 2.75) is 24.2 Å². The highest BCUT2D eigenvalue weighted by atomic mass is 19.4. The topological polar surface area (TPSA) is 50.1 Å². The number of benzene rings is 1. The van der Waals surface area contributed by atoms with Gasteiger partial charge in [0.15, 0.2) is 0 Å². The van der Waals surface area contributed by atoms with Crippen molar-refractivity contribution in [3.8, 4) is 6.07 Å². The number of ether oxygens (including phenoxy) is 1. The molecule has 0 amide bonds. The summed E-state index contributed by atoms with van der Waals surface area (Å²) >= 11 is 0. The lowest BCUT2D eigenvalue weighted by Crippen LogP contribution is -2.21. The van der Waals surface area contributed by atoms with E-state index in [1.165, 1.54) is 6.07 Å². The number of carbonyl (C=O) groups is 1. The van der Waals surface area contributed by atoms with Crippen LogP contribution in [0.2, 0.25) is 0 Å². The molecule has 0 unspecified atom stereocenters. The highest BCUT2D eigenvalue weighted by Gasteiger charge is 2.61. The standard InChI is InChI=1S/C13H8F5NO2/c1-21-11(20)6-2-3-7(13(16,17)18)10(15)9(6)12(5-19)4-8(12)14/h2-3,8H,4H2,1H3/t8-,12+/m0/s1. The fraction of sp³-hybridized carbons (Fsp3) is 0.385. The molecule has 8 heteroatoms. The lowest BCUT2D eigenvalue weighted by atomic mass is 9.89. The van der Waals surface area contributed by atoms with Gasteiger partial charge in [-0.2, -0.15) is 18.4 Å². The van der Waals surface area contributed by atoms with Crippen LogP contribution in [-0.2, 0) is 16.3 Å². The number of hydrogen-bond donors (Lipinski definition) is 0. The molecule has 1 aliphatic rings. The monoisotopic (exact) mass is 305 g/mol. The van der Waals surface area contributed by atoms with Gasteiger partial charge in [0, 0.05) is 12.0 Å². The summed E-state index contributed by atoms with van der Waals surface area (Å²) in [5.74, 6) is -2.95. The first-order valence-corrected chi connectivity index (χ1v) is 5.73. The quantitative estimate of drug-likeness (QED) is 0.623. The SMILES string of the molecule is COC(=O)c1ccc(C(F)(F)F)c(F)c1[C@@]1(C#N)C[C@@H]1F. The second-order valence-electron chi connectivity index (χ2n) is 4.59. The fourth-order valence-electron chi connectivity index (χ4n) is 2.17. The van der Waals surface area contributed by atoms with E-state index >= 15 is 0 Å². The number of nitrogens with zero attached hydrogens (tertiary/aromatic N) is 1. The summed E-state index contributed by atoms with van der Waals surface area (Å²) < 4.78 is 70.1. The number of rotatable bonds is 2. The number of carbonyl (C=O) groups excluding carboxylic acids is 1. The van der Waals surface area contributed by atoms with Gasteiger partial charge in [0.25, 0.3) is 0 Å². The zero-order valence-corrected chi connectivity index (χ0v) is 10.6. The van der Waals surface area contributed by atoms with Gasteiger partial charge in [-0.25, -0.2) is 13.6 Å². The predicted octanol–water partition coefficient (Wildman–Crippen LogP) is 3.13. The second-order valence-corrected chi connectivity index (χ2v) is 4.59. The van der Waals surface area contributed by atoms with E-state index in [9.17, 15) is 26.7 Å². The first-order valence-electron chi connectivity index (χ1n) is 5.73. The Balaban J connectivity index is 2.75. The molecule has 0 spiro atoms. The molecule has 2 atom stereocenters. The Morgan fingerprint density at radius 2 is 2.05 bits per heavy atom. The molecule has 0 aliphatic heterocycles. The summed E-state index contributed by atoms with van der Waals surface area (Å²) in [6.07, 6.45) is -7.32. The normalized spacial score (nSPS) is 24.3. The molecule has 1 saturated carbocycles. The van der Waals surface area contributed by atoms with E-state index in [0.29, 0.717) is 12.1 Å². The van der Waals surface area contributed by atoms with Gasteiger partial charge in [0.05, 0.1) is 24.3 Å². The van der Waals surface area contributed by atoms with Crippen LogP contribution in [0, 0.1) is 17.1 Å². The van der Waals surface area contributed by atoms with E-state index in [1.54, 1.807) is 0 Å². The Hall–Kier alpha value is -2.17. The van der Waals surface area contributed by atoms with E-state index < -0.39 is 52.7 Å². The molecule has 1 aromatic rings. The van der Waals surface area contributed by atoms with Crippen LogP contribution in [0.3, 0.4) is 0 Å². The molecule has 112 valence electrons. The first-order chi connectivity index (χ1) is 9.69. The third-order valence-corrected chi connectivity index (χ3v) is 3.37. The Bertz CT molecular complexity index is 649. The molecular formula is C13H8F5NO2. The van der Waals surface area contributed by atoms with Gasteiger partial charge < -0.3 is 4.74 Å². The maximum Gasteiger partial charge on any atom is 0.419 e. The lowest BCUT2D eigenvalue weighted by molar-refractivity contribution is -0.140. The van der Waals surface area contributed by atoms with Gasteiger partial charge in [-0.05, 0) is 12.1 Å². The van der Waals surface area contributed by atoms with Gasteiger partial charge in [0.1, 0.15) is 17.4 Å². The molecule has 21 heavy (non-hydrogen) atoms. The molecule has 0 radical (unpaired) electrons. The van der Waals surface area contributed by atoms with Crippen molar-refractivity contribution in [1.29, 1.82) is 5.26 Å². The average Bonchev–Trinajstić information content (AvgIpc) is 3.07. The van der Waals surface area contributed by atoms with Crippen LogP contribution in [0.15, 0.2) is 12.1 Å². The summed E-state index contributed by atoms with van der Waals surface area (Å²) in [5.41, 5.74) is -5.20. The van der Waals surface area contributed by atoms with E-state index in [1.807, 2.05) is 0 Å². The summed E-state index contributed by atoms with van der Waals surface area (Å²) in [7, 11) is 0.945. The van der Waals surface area contributed by atoms with Crippen molar-refractivity contribution < 1.29 is 31.5 Å². The van der Waals surface area contributed by atoms with Crippen LogP contribution in [-0.4, -0.2) is 19.3 Å². The van der Waals surface area contributed by atoms with Crippen molar-refractivity contribution in [3.63, 3.8) is 0 Å². The number of methoxy groups -OCH3 is 1. The van der Waals surface area contributed by atoms with Crippen LogP contribution in [0.4, 0.5) is 22.0 Å². The van der Waals surface area contributed by atoms with Crippen molar-refractivity contribution in [2.75, 3.05) is 7.11 Å². The predicted molar refractivity (Wildman–Crippen MR) is 59.5 cm³/mol. The van der Waals surface area contributed by atoms with E-state index in [2.05, 4.69) is 4.74 Å². The summed E-state index contributed by atoms with van der Waals surface area (Å²) in [6.45, 7) is 0. The Morgan fingerprint density at radius 3 is 2.43 bits per heavy atom. The molecule has 0 saturated heterocycles. The molecule has 0 bridgehead atoms. The molecule has 0 heterocycles. The maximum absolute atomic E-state index is 14.2. The van der Waals surface area contributed by atoms with E-state index in [0.717, 1.165) is 7.11 Å². The second kappa shape index (κ2) is 4.69. The van der Waals surface area contributed by atoms with E-state index in [-0.39, 0.29) is 0 Å². The van der Waals surface area contributed by atoms with Crippen LogP contribution in [0.25, 0.3) is 0 Å². The average molecular weight is 305 g/mol. The molecule has 0 N–H and O–H groups in total. The smallest absolute Gasteiger partial charge is 0.419 e. The maximum atomic E-state index is 14.2. The minimum absolute atomic E-state index is 0.367. The number of halogens is 5. The van der Waals surface area contributed by atoms with Crippen molar-refractivity contribution in [2.24, 2.45) is 0 Å². The zero-order valence-electron chi connectivity index (χ0n) is 10.6. The highest BCUT2D eigenvalue weighted by molar-refractivity contribution is 5.92. The summed E-state index contributed by atoms with van der Waals surface area (Å²) in [4.78, 5) is 11.5. The Morgan fingerprint density at radius 1 is 1.48 bits per heavy atom. The number of nitriles is 1. The first kappa shape index (κ1) is 15.2. The third-order valence-electron chi connectivity index (χ3n) is 3.37. The minimum atomic E-state index is -5.02. The van der Waals surface area contributed by atoms with E-state index in [4.69, 9.17) is 5.26 Å². The van der Waals surface area contributed by atoms with Crippen LogP contribution < -0.4 is 0 Å². The fourth-order valence-corrected chi connectivity index (χ4v) is 2.17. The Labute approximate surface area is 115 Å². The van der Waals surface area contributed by atoms with Crippen LogP contribution in [0.1, 0.15) is 27.9 Å². The largest absolute Gasteiger partial charge is 0.465 e. The third kappa shape index (κ3) is 2.22. The minimum Gasteiger partial charge on any atom is -0.465 e. The van der Waals surface area contributed by atoms with Gasteiger partial charge in [-0.3, -0.25) is 0 Å². The van der Waals surface area contributed by atoms with Crippen molar-refractivity contribution in [3.05, 3.63) is 34.6 Å². The molecule has 1 aromatic carbocycles. The van der Waals surface area contributed by atoms with Crippen molar-refractivity contribution in [1.82, 2.24) is 0 Å². The highest BCUT2D eigenvalue weighted by Crippen LogP contribution is 2.53. The van der Waals surface area contributed by atoms with Gasteiger partial charge >= 0.3 is 12.1 Å². The number of esters is 1. The Kier molecular flexibility index (Phi) is 3.40. The van der Waals surface area contributed by atoms with Gasteiger partial charge in [0.2, 0.25) is 0 Å². The molecule has 2 rings (SSSR count).